The first-order chi connectivity index (χ1) is 12.0. The highest BCUT2D eigenvalue weighted by atomic mass is 32.2. The largest absolute Gasteiger partial charge is 0.397 e. The molecule has 0 amide bonds. The molecule has 25 heavy (non-hydrogen) atoms. The molecule has 1 heterocycles. The normalized spacial score (nSPS) is 16.4. The van der Waals surface area contributed by atoms with E-state index in [1.54, 1.807) is 36.4 Å². The van der Waals surface area contributed by atoms with E-state index >= 15 is 0 Å². The van der Waals surface area contributed by atoms with Gasteiger partial charge in [-0.05, 0) is 50.3 Å². The molecule has 2 aromatic carbocycles. The van der Waals surface area contributed by atoms with E-state index in [9.17, 15) is 8.42 Å². The summed E-state index contributed by atoms with van der Waals surface area (Å²) in [7, 11) is -1.54. The number of rotatable bonds is 4. The number of anilines is 3. The molecular formula is C18H24N4O2S. The maximum absolute atomic E-state index is 12.6. The lowest BCUT2D eigenvalue weighted by Gasteiger charge is -2.24. The molecular weight excluding hydrogens is 336 g/mol. The summed E-state index contributed by atoms with van der Waals surface area (Å²) in [5.41, 5.74) is 7.81. The molecule has 0 atom stereocenters. The van der Waals surface area contributed by atoms with Gasteiger partial charge in [-0.15, -0.1) is 0 Å². The van der Waals surface area contributed by atoms with Crippen LogP contribution in [0.4, 0.5) is 17.1 Å². The van der Waals surface area contributed by atoms with Crippen molar-refractivity contribution in [2.75, 3.05) is 48.6 Å². The fourth-order valence-corrected chi connectivity index (χ4v) is 4.04. The summed E-state index contributed by atoms with van der Waals surface area (Å²) in [6, 6.07) is 13.8. The van der Waals surface area contributed by atoms with Gasteiger partial charge in [0, 0.05) is 25.3 Å². The van der Waals surface area contributed by atoms with Gasteiger partial charge in [-0.3, -0.25) is 4.72 Å². The van der Waals surface area contributed by atoms with Gasteiger partial charge in [0.05, 0.1) is 16.3 Å². The molecule has 6 nitrogen and oxygen atoms in total. The first kappa shape index (κ1) is 17.6. The second-order valence-corrected chi connectivity index (χ2v) is 8.02. The molecule has 7 heteroatoms. The van der Waals surface area contributed by atoms with Gasteiger partial charge in [-0.1, -0.05) is 18.2 Å². The SMILES string of the molecule is CN1CCCN(c2ccc(N)c(NS(=O)(=O)c3ccccc3)c2)CC1. The van der Waals surface area contributed by atoms with E-state index in [-0.39, 0.29) is 4.90 Å². The molecule has 3 rings (SSSR count). The van der Waals surface area contributed by atoms with Gasteiger partial charge >= 0.3 is 0 Å². The van der Waals surface area contributed by atoms with Crippen molar-refractivity contribution in [2.24, 2.45) is 0 Å². The molecule has 0 aliphatic carbocycles. The van der Waals surface area contributed by atoms with Crippen LogP contribution in [0.3, 0.4) is 0 Å². The number of nitrogen functional groups attached to an aromatic ring is 1. The molecule has 2 aromatic rings. The Kier molecular flexibility index (Phi) is 5.15. The number of likely N-dealkylation sites (N-methyl/N-ethyl adjacent to an activating group) is 1. The standard InChI is InChI=1S/C18H24N4O2S/c1-21-10-5-11-22(13-12-21)15-8-9-17(19)18(14-15)20-25(23,24)16-6-3-2-4-7-16/h2-4,6-9,14,20H,5,10-13,19H2,1H3. The molecule has 3 N–H and O–H groups in total. The Morgan fingerprint density at radius 3 is 2.52 bits per heavy atom. The van der Waals surface area contributed by atoms with Crippen molar-refractivity contribution in [1.29, 1.82) is 0 Å². The maximum atomic E-state index is 12.6. The summed E-state index contributed by atoms with van der Waals surface area (Å²) in [6.07, 6.45) is 1.08. The lowest BCUT2D eigenvalue weighted by atomic mass is 10.2. The molecule has 0 bridgehead atoms. The van der Waals surface area contributed by atoms with E-state index in [0.29, 0.717) is 11.4 Å². The third-order valence-corrected chi connectivity index (χ3v) is 5.80. The van der Waals surface area contributed by atoms with Crippen molar-refractivity contribution in [3.63, 3.8) is 0 Å². The van der Waals surface area contributed by atoms with Gasteiger partial charge in [0.15, 0.2) is 0 Å². The molecule has 0 aromatic heterocycles. The first-order valence-electron chi connectivity index (χ1n) is 8.36. The molecule has 1 aliphatic heterocycles. The van der Waals surface area contributed by atoms with Crippen LogP contribution in [0.15, 0.2) is 53.4 Å². The zero-order valence-corrected chi connectivity index (χ0v) is 15.2. The van der Waals surface area contributed by atoms with E-state index in [1.165, 1.54) is 0 Å². The minimum absolute atomic E-state index is 0.219. The van der Waals surface area contributed by atoms with Crippen molar-refractivity contribution < 1.29 is 8.42 Å². The van der Waals surface area contributed by atoms with Gasteiger partial charge in [-0.2, -0.15) is 0 Å². The van der Waals surface area contributed by atoms with Gasteiger partial charge in [0.1, 0.15) is 0 Å². The van der Waals surface area contributed by atoms with Crippen molar-refractivity contribution in [1.82, 2.24) is 4.90 Å². The van der Waals surface area contributed by atoms with E-state index in [2.05, 4.69) is 21.6 Å². The molecule has 0 spiro atoms. The summed E-state index contributed by atoms with van der Waals surface area (Å²) >= 11 is 0. The van der Waals surface area contributed by atoms with Gasteiger partial charge < -0.3 is 15.5 Å². The zero-order valence-electron chi connectivity index (χ0n) is 14.4. The van der Waals surface area contributed by atoms with E-state index in [1.807, 2.05) is 12.1 Å². The average molecular weight is 360 g/mol. The number of benzene rings is 2. The van der Waals surface area contributed by atoms with Gasteiger partial charge in [-0.25, -0.2) is 8.42 Å². The van der Waals surface area contributed by atoms with E-state index in [0.717, 1.165) is 38.3 Å². The van der Waals surface area contributed by atoms with Crippen LogP contribution in [0, 0.1) is 0 Å². The Bertz CT molecular complexity index is 824. The maximum Gasteiger partial charge on any atom is 0.261 e. The molecule has 0 unspecified atom stereocenters. The summed E-state index contributed by atoms with van der Waals surface area (Å²) < 4.78 is 27.7. The zero-order chi connectivity index (χ0) is 17.9. The minimum atomic E-state index is -3.66. The molecule has 134 valence electrons. The predicted molar refractivity (Wildman–Crippen MR) is 102 cm³/mol. The van der Waals surface area contributed by atoms with Crippen LogP contribution in [0.2, 0.25) is 0 Å². The van der Waals surface area contributed by atoms with Gasteiger partial charge in [0.2, 0.25) is 0 Å². The van der Waals surface area contributed by atoms with Crippen molar-refractivity contribution >= 4 is 27.1 Å². The monoisotopic (exact) mass is 360 g/mol. The number of nitrogens with two attached hydrogens (primary N) is 1. The Morgan fingerprint density at radius 1 is 1.00 bits per heavy atom. The summed E-state index contributed by atoms with van der Waals surface area (Å²) in [5, 5.41) is 0. The number of nitrogens with zero attached hydrogens (tertiary/aromatic N) is 2. The third kappa shape index (κ3) is 4.24. The predicted octanol–water partition coefficient (Wildman–Crippen LogP) is 2.21. The van der Waals surface area contributed by atoms with Crippen LogP contribution >= 0.6 is 0 Å². The molecule has 1 aliphatic rings. The van der Waals surface area contributed by atoms with Crippen LogP contribution in [0.25, 0.3) is 0 Å². The Labute approximate surface area is 149 Å². The van der Waals surface area contributed by atoms with Crippen molar-refractivity contribution in [3.05, 3.63) is 48.5 Å². The quantitative estimate of drug-likeness (QED) is 0.818. The van der Waals surface area contributed by atoms with Crippen LogP contribution in [0.1, 0.15) is 6.42 Å². The van der Waals surface area contributed by atoms with Crippen molar-refractivity contribution in [3.8, 4) is 0 Å². The van der Waals surface area contributed by atoms with Crippen LogP contribution in [0.5, 0.6) is 0 Å². The smallest absolute Gasteiger partial charge is 0.261 e. The lowest BCUT2D eigenvalue weighted by molar-refractivity contribution is 0.360. The Morgan fingerprint density at radius 2 is 1.76 bits per heavy atom. The first-order valence-corrected chi connectivity index (χ1v) is 9.85. The molecule has 0 radical (unpaired) electrons. The Balaban J connectivity index is 1.85. The number of sulfonamides is 1. The summed E-state index contributed by atoms with van der Waals surface area (Å²) in [6.45, 7) is 3.90. The highest BCUT2D eigenvalue weighted by molar-refractivity contribution is 7.92. The number of nitrogens with one attached hydrogen (secondary N) is 1. The fraction of sp³-hybridized carbons (Fsp3) is 0.333. The number of hydrogen-bond donors (Lipinski definition) is 2. The van der Waals surface area contributed by atoms with Crippen LogP contribution in [-0.4, -0.2) is 46.5 Å². The molecule has 1 fully saturated rings. The third-order valence-electron chi connectivity index (χ3n) is 4.42. The molecule has 0 saturated carbocycles. The fourth-order valence-electron chi connectivity index (χ4n) is 2.94. The summed E-state index contributed by atoms with van der Waals surface area (Å²) in [5.74, 6) is 0. The van der Waals surface area contributed by atoms with Crippen molar-refractivity contribution in [2.45, 2.75) is 11.3 Å². The second kappa shape index (κ2) is 7.33. The van der Waals surface area contributed by atoms with Crippen LogP contribution in [-0.2, 0) is 10.0 Å². The highest BCUT2D eigenvalue weighted by Crippen LogP contribution is 2.28. The second-order valence-electron chi connectivity index (χ2n) is 6.33. The lowest BCUT2D eigenvalue weighted by Crippen LogP contribution is -2.28. The highest BCUT2D eigenvalue weighted by Gasteiger charge is 2.17. The molecule has 1 saturated heterocycles. The van der Waals surface area contributed by atoms with Gasteiger partial charge in [0.25, 0.3) is 10.0 Å². The summed E-state index contributed by atoms with van der Waals surface area (Å²) in [4.78, 5) is 4.79. The van der Waals surface area contributed by atoms with E-state index < -0.39 is 10.0 Å². The Hall–Kier alpha value is -2.25. The van der Waals surface area contributed by atoms with E-state index in [4.69, 9.17) is 5.73 Å². The van der Waals surface area contributed by atoms with Crippen LogP contribution < -0.4 is 15.4 Å². The topological polar surface area (TPSA) is 78.7 Å². The minimum Gasteiger partial charge on any atom is -0.397 e. The average Bonchev–Trinajstić information content (AvgIpc) is 2.82. The number of hydrogen-bond acceptors (Lipinski definition) is 5.